The monoisotopic (exact) mass is 223 g/mol. The smallest absolute Gasteiger partial charge is 0.106 e. The summed E-state index contributed by atoms with van der Waals surface area (Å²) in [5.74, 6) is 0. The summed E-state index contributed by atoms with van der Waals surface area (Å²) in [6.07, 6.45) is 1.30. The number of hydrogen-bond acceptors (Lipinski definition) is 1. The van der Waals surface area contributed by atoms with Crippen LogP contribution in [0.1, 0.15) is 17.2 Å². The summed E-state index contributed by atoms with van der Waals surface area (Å²) in [5.41, 5.74) is 2.89. The Morgan fingerprint density at radius 2 is 1.59 bits per heavy atom. The first kappa shape index (κ1) is 10.1. The molecular weight excluding hydrogens is 210 g/mol. The number of aromatic amines is 1. The molecule has 1 heterocycles. The number of aromatic nitrogens is 1. The number of para-hydroxylation sites is 1. The van der Waals surface area contributed by atoms with Gasteiger partial charge < -0.3 is 10.1 Å². The molecule has 0 unspecified atom stereocenters. The van der Waals surface area contributed by atoms with Crippen LogP contribution in [0.25, 0.3) is 10.9 Å². The van der Waals surface area contributed by atoms with Crippen LogP contribution in [0.15, 0.2) is 60.8 Å². The van der Waals surface area contributed by atoms with Gasteiger partial charge in [0.1, 0.15) is 6.10 Å². The molecule has 1 atom stereocenters. The Hall–Kier alpha value is -2.06. The first-order valence-corrected chi connectivity index (χ1v) is 5.65. The number of hydrogen-bond donors (Lipinski definition) is 2. The van der Waals surface area contributed by atoms with E-state index >= 15 is 0 Å². The van der Waals surface area contributed by atoms with Gasteiger partial charge in [-0.25, -0.2) is 0 Å². The van der Waals surface area contributed by atoms with Gasteiger partial charge in [0, 0.05) is 22.7 Å². The number of aliphatic hydroxyl groups excluding tert-OH is 1. The molecule has 0 aliphatic heterocycles. The highest BCUT2D eigenvalue weighted by Gasteiger charge is 2.13. The molecule has 3 rings (SSSR count). The van der Waals surface area contributed by atoms with Crippen LogP contribution in [0.2, 0.25) is 0 Å². The van der Waals surface area contributed by atoms with Crippen molar-refractivity contribution in [1.29, 1.82) is 0 Å². The van der Waals surface area contributed by atoms with Crippen molar-refractivity contribution in [3.8, 4) is 0 Å². The molecule has 2 aromatic carbocycles. The molecule has 0 amide bonds. The standard InChI is InChI=1S/C15H13NO/c17-15(11-6-2-1-3-7-11)13-10-16-14-9-5-4-8-12(13)14/h1-10,15-17H/t15-/m0/s1. The average molecular weight is 223 g/mol. The van der Waals surface area contributed by atoms with E-state index in [0.717, 1.165) is 22.0 Å². The van der Waals surface area contributed by atoms with Crippen LogP contribution in [-0.2, 0) is 0 Å². The minimum Gasteiger partial charge on any atom is -0.384 e. The summed E-state index contributed by atoms with van der Waals surface area (Å²) in [7, 11) is 0. The van der Waals surface area contributed by atoms with Crippen LogP contribution in [0.5, 0.6) is 0 Å². The SMILES string of the molecule is O[C@@H](c1ccccc1)c1c[nH]c2ccccc12. The van der Waals surface area contributed by atoms with E-state index in [-0.39, 0.29) is 0 Å². The lowest BCUT2D eigenvalue weighted by molar-refractivity contribution is 0.222. The predicted molar refractivity (Wildman–Crippen MR) is 68.8 cm³/mol. The van der Waals surface area contributed by atoms with Gasteiger partial charge in [-0.2, -0.15) is 0 Å². The first-order chi connectivity index (χ1) is 8.36. The van der Waals surface area contributed by atoms with Gasteiger partial charge in [-0.05, 0) is 11.6 Å². The zero-order chi connectivity index (χ0) is 11.7. The lowest BCUT2D eigenvalue weighted by Gasteiger charge is -2.09. The lowest BCUT2D eigenvalue weighted by Crippen LogP contribution is -1.97. The van der Waals surface area contributed by atoms with E-state index in [4.69, 9.17) is 0 Å². The highest BCUT2D eigenvalue weighted by molar-refractivity contribution is 5.83. The van der Waals surface area contributed by atoms with Crippen LogP contribution in [-0.4, -0.2) is 10.1 Å². The average Bonchev–Trinajstić information content (AvgIpc) is 2.83. The van der Waals surface area contributed by atoms with E-state index in [1.165, 1.54) is 0 Å². The van der Waals surface area contributed by atoms with Gasteiger partial charge >= 0.3 is 0 Å². The van der Waals surface area contributed by atoms with E-state index in [0.29, 0.717) is 0 Å². The third-order valence-electron chi connectivity index (χ3n) is 3.03. The summed E-state index contributed by atoms with van der Waals surface area (Å²) < 4.78 is 0. The maximum absolute atomic E-state index is 10.4. The Balaban J connectivity index is 2.10. The molecule has 2 heteroatoms. The Kier molecular flexibility index (Phi) is 2.42. The molecule has 2 nitrogen and oxygen atoms in total. The second-order valence-corrected chi connectivity index (χ2v) is 4.10. The Morgan fingerprint density at radius 3 is 2.41 bits per heavy atom. The molecule has 0 saturated heterocycles. The van der Waals surface area contributed by atoms with Crippen molar-refractivity contribution in [2.45, 2.75) is 6.10 Å². The van der Waals surface area contributed by atoms with Crippen LogP contribution >= 0.6 is 0 Å². The van der Waals surface area contributed by atoms with Crippen molar-refractivity contribution < 1.29 is 5.11 Å². The summed E-state index contributed by atoms with van der Waals surface area (Å²) in [4.78, 5) is 3.18. The minimum atomic E-state index is -0.577. The topological polar surface area (TPSA) is 36.0 Å². The lowest BCUT2D eigenvalue weighted by atomic mass is 10.0. The molecule has 0 saturated carbocycles. The molecule has 0 spiro atoms. The van der Waals surface area contributed by atoms with Crippen LogP contribution < -0.4 is 0 Å². The molecule has 0 aliphatic carbocycles. The minimum absolute atomic E-state index is 0.577. The zero-order valence-corrected chi connectivity index (χ0v) is 9.30. The molecular formula is C15H13NO. The summed E-state index contributed by atoms with van der Waals surface area (Å²) in [6, 6.07) is 17.7. The molecule has 84 valence electrons. The first-order valence-electron chi connectivity index (χ1n) is 5.65. The number of H-pyrrole nitrogens is 1. The molecule has 1 aromatic heterocycles. The van der Waals surface area contributed by atoms with Crippen molar-refractivity contribution >= 4 is 10.9 Å². The number of nitrogens with one attached hydrogen (secondary N) is 1. The molecule has 0 aliphatic rings. The van der Waals surface area contributed by atoms with Gasteiger partial charge in [-0.15, -0.1) is 0 Å². The Bertz CT molecular complexity index is 627. The van der Waals surface area contributed by atoms with Gasteiger partial charge in [-0.3, -0.25) is 0 Å². The van der Waals surface area contributed by atoms with Crippen molar-refractivity contribution in [2.24, 2.45) is 0 Å². The third kappa shape index (κ3) is 1.73. The normalized spacial score (nSPS) is 12.8. The maximum Gasteiger partial charge on any atom is 0.106 e. The highest BCUT2D eigenvalue weighted by Crippen LogP contribution is 2.28. The van der Waals surface area contributed by atoms with Crippen LogP contribution in [0.3, 0.4) is 0 Å². The Labute approximate surface area is 99.5 Å². The van der Waals surface area contributed by atoms with Gasteiger partial charge in [0.25, 0.3) is 0 Å². The molecule has 17 heavy (non-hydrogen) atoms. The summed E-state index contributed by atoms with van der Waals surface area (Å²) in [6.45, 7) is 0. The zero-order valence-electron chi connectivity index (χ0n) is 9.30. The molecule has 0 radical (unpaired) electrons. The molecule has 3 aromatic rings. The van der Waals surface area contributed by atoms with E-state index in [1.54, 1.807) is 0 Å². The van der Waals surface area contributed by atoms with E-state index < -0.39 is 6.10 Å². The molecule has 2 N–H and O–H groups in total. The fourth-order valence-electron chi connectivity index (χ4n) is 2.14. The van der Waals surface area contributed by atoms with E-state index in [2.05, 4.69) is 4.98 Å². The number of aliphatic hydroxyl groups is 1. The van der Waals surface area contributed by atoms with Gasteiger partial charge in [0.2, 0.25) is 0 Å². The summed E-state index contributed by atoms with van der Waals surface area (Å²) in [5, 5.41) is 11.4. The van der Waals surface area contributed by atoms with Gasteiger partial charge in [-0.1, -0.05) is 48.5 Å². The number of rotatable bonds is 2. The van der Waals surface area contributed by atoms with Crippen molar-refractivity contribution in [3.05, 3.63) is 71.9 Å². The van der Waals surface area contributed by atoms with Gasteiger partial charge in [0.05, 0.1) is 0 Å². The van der Waals surface area contributed by atoms with Crippen molar-refractivity contribution in [1.82, 2.24) is 4.98 Å². The maximum atomic E-state index is 10.4. The fraction of sp³-hybridized carbons (Fsp3) is 0.0667. The summed E-state index contributed by atoms with van der Waals surface area (Å²) >= 11 is 0. The fourth-order valence-corrected chi connectivity index (χ4v) is 2.14. The predicted octanol–water partition coefficient (Wildman–Crippen LogP) is 3.25. The van der Waals surface area contributed by atoms with E-state index in [9.17, 15) is 5.11 Å². The van der Waals surface area contributed by atoms with Crippen molar-refractivity contribution in [3.63, 3.8) is 0 Å². The highest BCUT2D eigenvalue weighted by atomic mass is 16.3. The quantitative estimate of drug-likeness (QED) is 0.687. The Morgan fingerprint density at radius 1 is 0.882 bits per heavy atom. The number of fused-ring (bicyclic) bond motifs is 1. The number of benzene rings is 2. The largest absolute Gasteiger partial charge is 0.384 e. The van der Waals surface area contributed by atoms with Crippen molar-refractivity contribution in [2.75, 3.05) is 0 Å². The second-order valence-electron chi connectivity index (χ2n) is 4.10. The van der Waals surface area contributed by atoms with Crippen LogP contribution in [0, 0.1) is 0 Å². The third-order valence-corrected chi connectivity index (χ3v) is 3.03. The molecule has 0 bridgehead atoms. The van der Waals surface area contributed by atoms with E-state index in [1.807, 2.05) is 60.8 Å². The molecule has 0 fully saturated rings. The van der Waals surface area contributed by atoms with Crippen LogP contribution in [0.4, 0.5) is 0 Å². The van der Waals surface area contributed by atoms with Gasteiger partial charge in [0.15, 0.2) is 0 Å². The second kappa shape index (κ2) is 4.07.